The van der Waals surface area contributed by atoms with E-state index in [9.17, 15) is 13.2 Å². The standard InChI is InChI=1S/C2H2F3.Na.H3O3P/c1-2(3,4)5;;1-4(2)3/h1H2;;1-3H. The zero-order valence-electron chi connectivity index (χ0n) is 5.13. The van der Waals surface area contributed by atoms with Crippen molar-refractivity contribution in [1.82, 2.24) is 0 Å². The van der Waals surface area contributed by atoms with Crippen LogP contribution in [0.1, 0.15) is 0 Å². The van der Waals surface area contributed by atoms with Crippen molar-refractivity contribution >= 4 is 36.5 Å². The average Bonchev–Trinajstić information content (AvgIpc) is 1.63. The summed E-state index contributed by atoms with van der Waals surface area (Å²) in [5.74, 6) is 0. The minimum Gasteiger partial charge on any atom is -0.328 e. The summed E-state index contributed by atoms with van der Waals surface area (Å²) in [5.41, 5.74) is 0. The van der Waals surface area contributed by atoms with Gasteiger partial charge in [-0.2, -0.15) is 0 Å². The molecule has 0 aliphatic heterocycles. The van der Waals surface area contributed by atoms with Gasteiger partial charge in [-0.15, -0.1) is 0 Å². The molecule has 0 aromatic heterocycles. The zero-order valence-corrected chi connectivity index (χ0v) is 8.02. The SMILES string of the molecule is FC(F)(F)[CH2][Na].OP(O)O. The van der Waals surface area contributed by atoms with Crippen LogP contribution < -0.4 is 0 Å². The molecule has 0 amide bonds. The monoisotopic (exact) mass is 188 g/mol. The fraction of sp³-hybridized carbons (Fsp3) is 1.00. The number of rotatable bonds is 0. The molecule has 0 heterocycles. The Balaban J connectivity index is 0. The fourth-order valence-corrected chi connectivity index (χ4v) is 0. The van der Waals surface area contributed by atoms with Crippen LogP contribution in [-0.2, 0) is 0 Å². The molecule has 0 bridgehead atoms. The summed E-state index contributed by atoms with van der Waals surface area (Å²) in [5, 5.41) is 0. The molecular formula is C2H5F3NaO3P. The average molecular weight is 188 g/mol. The minimum atomic E-state index is -3.90. The Morgan fingerprint density at radius 1 is 1.20 bits per heavy atom. The van der Waals surface area contributed by atoms with Crippen molar-refractivity contribution in [2.24, 2.45) is 0 Å². The number of halogens is 3. The van der Waals surface area contributed by atoms with Crippen LogP contribution in [0.15, 0.2) is 0 Å². The Morgan fingerprint density at radius 3 is 1.30 bits per heavy atom. The van der Waals surface area contributed by atoms with Crippen LogP contribution >= 0.6 is 8.60 Å². The maximum Gasteiger partial charge on any atom is 0.324 e. The molecule has 0 aliphatic carbocycles. The molecule has 0 aromatic rings. The molecule has 0 spiro atoms. The number of alkyl halides is 3. The van der Waals surface area contributed by atoms with Crippen molar-refractivity contribution < 1.29 is 27.9 Å². The second kappa shape index (κ2) is 6.79. The van der Waals surface area contributed by atoms with Crippen molar-refractivity contribution in [3.05, 3.63) is 0 Å². The smallest absolute Gasteiger partial charge is 0.324 e. The van der Waals surface area contributed by atoms with E-state index in [1.807, 2.05) is 0 Å². The Hall–Kier alpha value is 1.10. The molecular weight excluding hydrogens is 183 g/mol. The van der Waals surface area contributed by atoms with Crippen molar-refractivity contribution in [3.63, 3.8) is 0 Å². The molecule has 0 unspecified atom stereocenters. The fourth-order valence-electron chi connectivity index (χ4n) is 0. The molecule has 0 atom stereocenters. The predicted octanol–water partition coefficient (Wildman–Crippen LogP) is 0.326. The predicted molar refractivity (Wildman–Crippen MR) is 30.2 cm³/mol. The normalized spacial score (nSPS) is 10.9. The Bertz CT molecular complexity index is 73.9. The van der Waals surface area contributed by atoms with Gasteiger partial charge in [-0.05, 0) is 0 Å². The molecule has 3 N–H and O–H groups in total. The van der Waals surface area contributed by atoms with E-state index < -0.39 is 18.4 Å². The topological polar surface area (TPSA) is 60.7 Å². The first-order valence-corrected chi connectivity index (χ1v) is 4.84. The van der Waals surface area contributed by atoms with Crippen molar-refractivity contribution in [2.75, 3.05) is 0 Å². The number of hydrogen-bond donors (Lipinski definition) is 3. The molecule has 3 nitrogen and oxygen atoms in total. The third kappa shape index (κ3) is 35.5. The van der Waals surface area contributed by atoms with Gasteiger partial charge in [0, 0.05) is 0 Å². The molecule has 0 saturated heterocycles. The van der Waals surface area contributed by atoms with Crippen molar-refractivity contribution in [1.29, 1.82) is 0 Å². The van der Waals surface area contributed by atoms with Crippen molar-refractivity contribution in [3.8, 4) is 0 Å². The van der Waals surface area contributed by atoms with E-state index in [0.717, 1.165) is 0 Å². The van der Waals surface area contributed by atoms with Crippen LogP contribution in [0.2, 0.25) is 3.67 Å². The molecule has 0 fully saturated rings. The number of hydrogen-bond acceptors (Lipinski definition) is 3. The molecule has 0 aromatic carbocycles. The van der Waals surface area contributed by atoms with Crippen LogP contribution in [0.5, 0.6) is 0 Å². The van der Waals surface area contributed by atoms with E-state index in [1.54, 1.807) is 0 Å². The quantitative estimate of drug-likeness (QED) is 0.379. The first kappa shape index (κ1) is 13.7. The van der Waals surface area contributed by atoms with Crippen LogP contribution in [0, 0.1) is 0 Å². The zero-order chi connectivity index (χ0) is 8.78. The Kier molecular flexibility index (Phi) is 9.28. The summed E-state index contributed by atoms with van der Waals surface area (Å²) in [6.07, 6.45) is -3.90. The maximum atomic E-state index is 10.8. The van der Waals surface area contributed by atoms with Crippen molar-refractivity contribution in [2.45, 2.75) is 9.85 Å². The summed E-state index contributed by atoms with van der Waals surface area (Å²) in [6, 6.07) is 0. The van der Waals surface area contributed by atoms with Gasteiger partial charge in [-0.25, -0.2) is 0 Å². The first-order chi connectivity index (χ1) is 4.29. The Morgan fingerprint density at radius 2 is 1.30 bits per heavy atom. The second-order valence-corrected chi connectivity index (χ2v) is 2.48. The first-order valence-electron chi connectivity index (χ1n) is 2.23. The molecule has 0 aliphatic rings. The maximum absolute atomic E-state index is 10.8. The van der Waals surface area contributed by atoms with Gasteiger partial charge in [-0.3, -0.25) is 0 Å². The summed E-state index contributed by atoms with van der Waals surface area (Å²) in [6.45, 7) is 0. The Labute approximate surface area is 74.3 Å². The van der Waals surface area contributed by atoms with Gasteiger partial charge in [0.15, 0.2) is 0 Å². The van der Waals surface area contributed by atoms with Gasteiger partial charge in [-0.1, -0.05) is 0 Å². The van der Waals surface area contributed by atoms with Crippen LogP contribution in [-0.4, -0.2) is 48.8 Å². The van der Waals surface area contributed by atoms with Crippen LogP contribution in [0.25, 0.3) is 0 Å². The van der Waals surface area contributed by atoms with Crippen LogP contribution in [0.3, 0.4) is 0 Å². The van der Waals surface area contributed by atoms with Crippen LogP contribution in [0.4, 0.5) is 13.2 Å². The molecule has 58 valence electrons. The van der Waals surface area contributed by atoms with E-state index >= 15 is 0 Å². The van der Waals surface area contributed by atoms with Gasteiger partial charge in [0.05, 0.1) is 0 Å². The molecule has 0 rings (SSSR count). The second-order valence-electron chi connectivity index (χ2n) is 1.24. The van der Waals surface area contributed by atoms with Gasteiger partial charge in [0.25, 0.3) is 0 Å². The van der Waals surface area contributed by atoms with Gasteiger partial charge in [0.1, 0.15) is 0 Å². The van der Waals surface area contributed by atoms with Gasteiger partial charge < -0.3 is 14.7 Å². The summed E-state index contributed by atoms with van der Waals surface area (Å²) in [4.78, 5) is 21.7. The van der Waals surface area contributed by atoms with E-state index in [0.29, 0.717) is 0 Å². The largest absolute Gasteiger partial charge is 0.328 e. The molecule has 0 saturated carbocycles. The summed E-state index contributed by atoms with van der Waals surface area (Å²) in [7, 11) is -2.62. The van der Waals surface area contributed by atoms with E-state index in [4.69, 9.17) is 14.7 Å². The third-order valence-electron chi connectivity index (χ3n) is 0.401. The molecule has 0 radical (unpaired) electrons. The third-order valence-corrected chi connectivity index (χ3v) is 1.20. The van der Waals surface area contributed by atoms with E-state index in [2.05, 4.69) is 0 Å². The summed E-state index contributed by atoms with van der Waals surface area (Å²) < 4.78 is 31.9. The summed E-state index contributed by atoms with van der Waals surface area (Å²) >= 11 is 0.223. The van der Waals surface area contributed by atoms with E-state index in [1.165, 1.54) is 0 Å². The molecule has 10 heavy (non-hydrogen) atoms. The molecule has 8 heteroatoms. The van der Waals surface area contributed by atoms with E-state index in [-0.39, 0.29) is 27.9 Å². The minimum absolute atomic E-state index is 0.223. The van der Waals surface area contributed by atoms with Gasteiger partial charge in [0.2, 0.25) is 0 Å². The van der Waals surface area contributed by atoms with Gasteiger partial charge >= 0.3 is 59.6 Å².